The summed E-state index contributed by atoms with van der Waals surface area (Å²) in [6.07, 6.45) is 7.21. The average molecular weight is 882 g/mol. The zero-order valence-electron chi connectivity index (χ0n) is 36.5. The summed E-state index contributed by atoms with van der Waals surface area (Å²) in [6.45, 7) is 0.868. The van der Waals surface area contributed by atoms with Crippen LogP contribution in [0.25, 0.3) is 27.3 Å². The van der Waals surface area contributed by atoms with Gasteiger partial charge in [-0.15, -0.1) is 0 Å². The van der Waals surface area contributed by atoms with Crippen LogP contribution in [-0.4, -0.2) is 66.2 Å². The number of ether oxygens (including phenoxy) is 2. The number of esters is 1. The molecule has 4 heterocycles. The third-order valence-corrected chi connectivity index (χ3v) is 11.4. The van der Waals surface area contributed by atoms with Gasteiger partial charge in [0.1, 0.15) is 31.2 Å². The quantitative estimate of drug-likeness (QED) is 0.0414. The maximum atomic E-state index is 13.8. The number of anilines is 1. The number of aryl methyl sites for hydroxylation is 2. The van der Waals surface area contributed by atoms with Gasteiger partial charge in [0.05, 0.1) is 30.9 Å². The number of fused-ring (bicyclic) bond motifs is 4. The van der Waals surface area contributed by atoms with Gasteiger partial charge < -0.3 is 30.3 Å². The Balaban J connectivity index is 0.822. The van der Waals surface area contributed by atoms with Crippen LogP contribution in [0.3, 0.4) is 0 Å². The molecule has 66 heavy (non-hydrogen) atoms. The Kier molecular flexibility index (Phi) is 12.0. The first-order valence-corrected chi connectivity index (χ1v) is 21.5. The van der Waals surface area contributed by atoms with E-state index in [1.54, 1.807) is 52.6 Å². The maximum Gasteiger partial charge on any atom is 0.342 e. The average Bonchev–Trinajstić information content (AvgIpc) is 3.68. The van der Waals surface area contributed by atoms with Gasteiger partial charge in [-0.3, -0.25) is 19.5 Å². The molecule has 15 heteroatoms. The number of nitrogens with zero attached hydrogens (tertiary/aromatic N) is 6. The molecule has 1 radical (unpaired) electrons. The highest BCUT2D eigenvalue weighted by molar-refractivity contribution is 6.28. The maximum absolute atomic E-state index is 13.8. The molecule has 0 saturated heterocycles. The van der Waals surface area contributed by atoms with Crippen LogP contribution in [0, 0.1) is 0 Å². The Morgan fingerprint density at radius 3 is 2.15 bits per heavy atom. The largest absolute Gasteiger partial charge is 0.493 e. The van der Waals surface area contributed by atoms with Crippen molar-refractivity contribution in [2.75, 3.05) is 32.1 Å². The van der Waals surface area contributed by atoms with Gasteiger partial charge >= 0.3 is 17.8 Å². The highest BCUT2D eigenvalue weighted by Crippen LogP contribution is 2.29. The van der Waals surface area contributed by atoms with E-state index in [0.717, 1.165) is 27.5 Å². The fourth-order valence-corrected chi connectivity index (χ4v) is 8.17. The first kappa shape index (κ1) is 43.0. The lowest BCUT2D eigenvalue weighted by Gasteiger charge is -2.37. The molecule has 2 aliphatic rings. The van der Waals surface area contributed by atoms with Gasteiger partial charge in [0.2, 0.25) is 11.0 Å². The Morgan fingerprint density at radius 1 is 0.742 bits per heavy atom. The van der Waals surface area contributed by atoms with Crippen LogP contribution in [0.1, 0.15) is 77.6 Å². The number of H-pyrrole nitrogens is 1. The molecule has 2 N–H and O–H groups in total. The van der Waals surface area contributed by atoms with Crippen molar-refractivity contribution in [3.05, 3.63) is 184 Å². The number of rotatable bonds is 14. The van der Waals surface area contributed by atoms with Crippen LogP contribution >= 0.6 is 0 Å². The van der Waals surface area contributed by atoms with E-state index < -0.39 is 17.8 Å². The van der Waals surface area contributed by atoms with E-state index in [1.165, 1.54) is 18.2 Å². The topological polar surface area (TPSA) is 174 Å². The lowest BCUT2D eigenvalue weighted by Crippen LogP contribution is -2.31. The molecule has 15 nitrogen and oxygen atoms in total. The summed E-state index contributed by atoms with van der Waals surface area (Å²) in [5, 5.41) is 22.1. The van der Waals surface area contributed by atoms with Crippen molar-refractivity contribution >= 4 is 62.5 Å². The summed E-state index contributed by atoms with van der Waals surface area (Å²) >= 11 is 0. The number of nitrogens with one attached hydrogen (secondary N) is 2. The van der Waals surface area contributed by atoms with E-state index >= 15 is 0 Å². The van der Waals surface area contributed by atoms with Gasteiger partial charge in [0.25, 0.3) is 11.4 Å². The van der Waals surface area contributed by atoms with Gasteiger partial charge in [-0.05, 0) is 68.8 Å². The van der Waals surface area contributed by atoms with Crippen LogP contribution in [0.15, 0.2) is 145 Å². The van der Waals surface area contributed by atoms with Crippen molar-refractivity contribution in [3.8, 4) is 5.75 Å². The minimum absolute atomic E-state index is 0.0799. The molecule has 0 atom stereocenters. The van der Waals surface area contributed by atoms with Crippen molar-refractivity contribution in [1.82, 2.24) is 10.0 Å². The summed E-state index contributed by atoms with van der Waals surface area (Å²) < 4.78 is 15.5. The van der Waals surface area contributed by atoms with Crippen LogP contribution in [0.5, 0.6) is 5.75 Å². The van der Waals surface area contributed by atoms with Crippen LogP contribution in [-0.2, 0) is 23.9 Å². The van der Waals surface area contributed by atoms with E-state index in [1.807, 2.05) is 103 Å². The van der Waals surface area contributed by atoms with Gasteiger partial charge in [-0.25, -0.2) is 4.79 Å². The number of hydrogen-bond donors (Lipinski definition) is 1. The molecule has 9 rings (SSSR count). The fraction of sp³-hybridized carbons (Fsp3) is 0.176. The van der Waals surface area contributed by atoms with Gasteiger partial charge in [-0.1, -0.05) is 48.5 Å². The zero-order chi connectivity index (χ0) is 45.9. The molecule has 0 fully saturated rings. The fourth-order valence-electron chi connectivity index (χ4n) is 8.17. The third-order valence-electron chi connectivity index (χ3n) is 11.4. The number of ketones is 2. The lowest BCUT2D eigenvalue weighted by atomic mass is 9.83. The molecule has 0 bridgehead atoms. The number of amides is 1. The normalized spacial score (nSPS) is 13.4. The molecule has 1 aliphatic carbocycles. The molecule has 1 amide bonds. The first-order chi connectivity index (χ1) is 32.0. The number of aromatic amines is 1. The highest BCUT2D eigenvalue weighted by Gasteiger charge is 2.30. The monoisotopic (exact) mass is 881 g/mol. The van der Waals surface area contributed by atoms with Crippen molar-refractivity contribution in [3.63, 3.8) is 0 Å². The van der Waals surface area contributed by atoms with E-state index in [9.17, 15) is 24.3 Å². The summed E-state index contributed by atoms with van der Waals surface area (Å²) in [4.78, 5) is 60.2. The molecule has 4 aromatic carbocycles. The SMILES string of the molecule is CN1[N-]N(CCCOC(=O)c2ccc3c(c2)C(=O)c2ccccc2C3=O)C=C1CCCOc1cc(C(=O)Nc2cc3ccccc3[n+](C)c2)[nH+]c(C([O])=Nc2cc3ccccc3[n+](C)c2)c1. The number of pyridine rings is 3. The van der Waals surface area contributed by atoms with Crippen LogP contribution in [0.2, 0.25) is 0 Å². The number of allylic oxidation sites excluding steroid dienone is 1. The summed E-state index contributed by atoms with van der Waals surface area (Å²) in [5.41, 5.74) is 10.0. The Bertz CT molecular complexity index is 3170. The predicted octanol–water partition coefficient (Wildman–Crippen LogP) is 6.69. The lowest BCUT2D eigenvalue weighted by molar-refractivity contribution is -0.644. The Labute approximate surface area is 379 Å². The van der Waals surface area contributed by atoms with Crippen LogP contribution < -0.4 is 24.2 Å². The van der Waals surface area contributed by atoms with Crippen molar-refractivity contribution < 1.29 is 47.9 Å². The second-order valence-corrected chi connectivity index (χ2v) is 16.1. The number of para-hydroxylation sites is 2. The minimum Gasteiger partial charge on any atom is -0.493 e. The summed E-state index contributed by atoms with van der Waals surface area (Å²) in [5.74, 6) is -1.86. The molecule has 0 saturated carbocycles. The molecular formula is C51H45N8O7+2. The highest BCUT2D eigenvalue weighted by atomic mass is 16.5. The number of aromatic nitrogens is 3. The van der Waals surface area contributed by atoms with Gasteiger partial charge in [0, 0.05) is 63.6 Å². The van der Waals surface area contributed by atoms with Crippen LogP contribution in [0.4, 0.5) is 11.4 Å². The van der Waals surface area contributed by atoms with Crippen molar-refractivity contribution in [1.29, 1.82) is 0 Å². The molecule has 7 aromatic rings. The van der Waals surface area contributed by atoms with Gasteiger partial charge in [-0.2, -0.15) is 19.1 Å². The molecule has 0 unspecified atom stereocenters. The second-order valence-electron chi connectivity index (χ2n) is 16.1. The number of carbonyl (C=O) groups excluding carboxylic acids is 4. The minimum atomic E-state index is -0.586. The number of hydrogen-bond acceptors (Lipinski definition) is 9. The first-order valence-electron chi connectivity index (χ1n) is 21.5. The van der Waals surface area contributed by atoms with E-state index in [2.05, 4.69) is 20.8 Å². The third kappa shape index (κ3) is 9.05. The predicted molar refractivity (Wildman–Crippen MR) is 243 cm³/mol. The van der Waals surface area contributed by atoms with E-state index in [-0.39, 0.29) is 52.9 Å². The molecule has 3 aromatic heterocycles. The molecular weight excluding hydrogens is 837 g/mol. The second kappa shape index (κ2) is 18.4. The van der Waals surface area contributed by atoms with E-state index in [4.69, 9.17) is 9.47 Å². The van der Waals surface area contributed by atoms with Crippen molar-refractivity contribution in [2.24, 2.45) is 19.1 Å². The number of carbonyl (C=O) groups is 4. The number of aliphatic imine (C=N–C) groups is 1. The molecule has 0 spiro atoms. The Hall–Kier alpha value is -8.30. The Morgan fingerprint density at radius 2 is 1.39 bits per heavy atom. The van der Waals surface area contributed by atoms with Gasteiger partial charge in [0.15, 0.2) is 24.0 Å². The van der Waals surface area contributed by atoms with Crippen molar-refractivity contribution in [2.45, 2.75) is 19.3 Å². The standard InChI is InChI=1S/C51H43N8O7/c1-56-29-35(24-32-12-4-8-17-45(32)56)52-49(62)43-27-38(28-44(54-43)50(63)53-36-25-33-13-5-9-18-46(33)57(2)30-36)65-22-10-14-37-31-59(55-58(37)3)21-11-23-66-51(64)34-19-20-41-42(26-34)48(61)40-16-7-6-15-39(40)47(41)60/h4-9,12-13,15-20,24-31H,10-11,14,21-23H2,1-3H3/p+2. The molecule has 1 aliphatic heterocycles. The summed E-state index contributed by atoms with van der Waals surface area (Å²) in [6, 6.07) is 33.6. The summed E-state index contributed by atoms with van der Waals surface area (Å²) in [7, 11) is 5.64. The molecule has 329 valence electrons. The number of benzene rings is 4. The zero-order valence-corrected chi connectivity index (χ0v) is 36.5. The smallest absolute Gasteiger partial charge is 0.342 e. The van der Waals surface area contributed by atoms with E-state index in [0.29, 0.717) is 54.1 Å².